The summed E-state index contributed by atoms with van der Waals surface area (Å²) >= 11 is 0. The predicted octanol–water partition coefficient (Wildman–Crippen LogP) is 5.28. The summed E-state index contributed by atoms with van der Waals surface area (Å²) in [6.45, 7) is 9.65. The van der Waals surface area contributed by atoms with E-state index in [1.165, 1.54) is 18.5 Å². The molecule has 0 radical (unpaired) electrons. The van der Waals surface area contributed by atoms with E-state index in [4.69, 9.17) is 9.72 Å². The van der Waals surface area contributed by atoms with E-state index in [1.807, 2.05) is 6.92 Å². The van der Waals surface area contributed by atoms with Gasteiger partial charge in [0.2, 0.25) is 5.95 Å². The van der Waals surface area contributed by atoms with E-state index in [-0.39, 0.29) is 17.0 Å². The highest BCUT2D eigenvalue weighted by Gasteiger charge is 2.34. The smallest absolute Gasteiger partial charge is 0.420 e. The van der Waals surface area contributed by atoms with Crippen molar-refractivity contribution in [1.29, 1.82) is 0 Å². The molecule has 1 fully saturated rings. The quantitative estimate of drug-likeness (QED) is 0.302. The van der Waals surface area contributed by atoms with Crippen molar-refractivity contribution in [3.05, 3.63) is 65.6 Å². The van der Waals surface area contributed by atoms with Crippen molar-refractivity contribution >= 4 is 40.1 Å². The van der Waals surface area contributed by atoms with Crippen LogP contribution in [0.1, 0.15) is 35.3 Å². The Morgan fingerprint density at radius 3 is 2.48 bits per heavy atom. The van der Waals surface area contributed by atoms with Crippen molar-refractivity contribution in [3.63, 3.8) is 0 Å². The number of carbonyl (C=O) groups is 1. The highest BCUT2D eigenvalue weighted by Crippen LogP contribution is 2.38. The molecule has 1 saturated heterocycles. The molecule has 10 nitrogen and oxygen atoms in total. The van der Waals surface area contributed by atoms with Gasteiger partial charge in [-0.25, -0.2) is 19.9 Å². The number of amides is 1. The standard InChI is InChI=1S/C29H31F3N8O2/c1-17(2)39-9-11-40(12-10-39)28-33-15-23-25(38-28)26(35-16-34-23)37-22-13-19(6-5-18(22)3)27(41)36-20-7-8-24(42-4)21(14-20)29(30,31)32/h5-8,13-17H,9-12H2,1-4H3,(H,36,41)(H,34,35,37). The first-order chi connectivity index (χ1) is 20.0. The van der Waals surface area contributed by atoms with Crippen LogP contribution in [0.25, 0.3) is 11.0 Å². The fourth-order valence-electron chi connectivity index (χ4n) is 4.76. The molecule has 2 aromatic heterocycles. The Balaban J connectivity index is 1.38. The lowest BCUT2D eigenvalue weighted by Gasteiger charge is -2.36. The van der Waals surface area contributed by atoms with Gasteiger partial charge in [-0.3, -0.25) is 9.69 Å². The van der Waals surface area contributed by atoms with Gasteiger partial charge in [0.05, 0.1) is 18.9 Å². The molecule has 220 valence electrons. The minimum Gasteiger partial charge on any atom is -0.496 e. The van der Waals surface area contributed by atoms with Gasteiger partial charge < -0.3 is 20.3 Å². The van der Waals surface area contributed by atoms with E-state index in [1.54, 1.807) is 24.4 Å². The van der Waals surface area contributed by atoms with Crippen LogP contribution in [0.5, 0.6) is 5.75 Å². The Morgan fingerprint density at radius 2 is 1.79 bits per heavy atom. The SMILES string of the molecule is COc1ccc(NC(=O)c2ccc(C)c(Nc3ncnc4cnc(N5CCN(C(C)C)CC5)nc34)c2)cc1C(F)(F)F. The fourth-order valence-corrected chi connectivity index (χ4v) is 4.76. The summed E-state index contributed by atoms with van der Waals surface area (Å²) in [6, 6.07) is 8.79. The van der Waals surface area contributed by atoms with Crippen LogP contribution < -0.4 is 20.3 Å². The normalized spacial score (nSPS) is 14.3. The van der Waals surface area contributed by atoms with Crippen molar-refractivity contribution in [3.8, 4) is 5.75 Å². The predicted molar refractivity (Wildman–Crippen MR) is 154 cm³/mol. The van der Waals surface area contributed by atoms with Gasteiger partial charge in [0.15, 0.2) is 5.82 Å². The number of alkyl halides is 3. The van der Waals surface area contributed by atoms with Crippen LogP contribution >= 0.6 is 0 Å². The van der Waals surface area contributed by atoms with E-state index < -0.39 is 17.6 Å². The van der Waals surface area contributed by atoms with Crippen LogP contribution in [0.15, 0.2) is 48.9 Å². The van der Waals surface area contributed by atoms with Crippen LogP contribution in [0.4, 0.5) is 36.3 Å². The second-order valence-corrected chi connectivity index (χ2v) is 10.3. The number of piperazine rings is 1. The highest BCUT2D eigenvalue weighted by molar-refractivity contribution is 6.05. The number of fused-ring (bicyclic) bond motifs is 1. The minimum atomic E-state index is -4.64. The number of ether oxygens (including phenoxy) is 1. The number of hydrogen-bond acceptors (Lipinski definition) is 9. The van der Waals surface area contributed by atoms with Crippen molar-refractivity contribution in [2.45, 2.75) is 33.0 Å². The lowest BCUT2D eigenvalue weighted by molar-refractivity contribution is -0.138. The maximum absolute atomic E-state index is 13.4. The number of halogens is 3. The third-order valence-electron chi connectivity index (χ3n) is 7.21. The van der Waals surface area contributed by atoms with Crippen LogP contribution in [-0.4, -0.2) is 70.1 Å². The Bertz CT molecular complexity index is 1600. The van der Waals surface area contributed by atoms with Crippen LogP contribution in [0.2, 0.25) is 0 Å². The lowest BCUT2D eigenvalue weighted by atomic mass is 10.1. The molecule has 1 aliphatic rings. The summed E-state index contributed by atoms with van der Waals surface area (Å²) < 4.78 is 45.1. The number of aryl methyl sites for hydroxylation is 1. The molecule has 2 aromatic carbocycles. The van der Waals surface area contributed by atoms with Gasteiger partial charge in [0.25, 0.3) is 5.91 Å². The summed E-state index contributed by atoms with van der Waals surface area (Å²) in [7, 11) is 1.16. The highest BCUT2D eigenvalue weighted by atomic mass is 19.4. The third-order valence-corrected chi connectivity index (χ3v) is 7.21. The number of nitrogens with one attached hydrogen (secondary N) is 2. The van der Waals surface area contributed by atoms with Crippen LogP contribution in [0.3, 0.4) is 0 Å². The average molecular weight is 581 g/mol. The van der Waals surface area contributed by atoms with Gasteiger partial charge >= 0.3 is 6.18 Å². The molecule has 3 heterocycles. The molecule has 0 spiro atoms. The first kappa shape index (κ1) is 29.0. The number of anilines is 4. The van der Waals surface area contributed by atoms with Gasteiger partial charge in [-0.1, -0.05) is 6.07 Å². The maximum Gasteiger partial charge on any atom is 0.420 e. The maximum atomic E-state index is 13.4. The summed E-state index contributed by atoms with van der Waals surface area (Å²) in [5.41, 5.74) is 1.74. The first-order valence-electron chi connectivity index (χ1n) is 13.4. The van der Waals surface area contributed by atoms with Crippen molar-refractivity contribution < 1.29 is 22.7 Å². The molecule has 5 rings (SSSR count). The number of carbonyl (C=O) groups excluding carboxylic acids is 1. The Kier molecular flexibility index (Phi) is 8.12. The molecule has 1 amide bonds. The Hall–Kier alpha value is -4.52. The number of methoxy groups -OCH3 is 1. The van der Waals surface area contributed by atoms with Crippen molar-refractivity contribution in [1.82, 2.24) is 24.8 Å². The topological polar surface area (TPSA) is 108 Å². The second kappa shape index (κ2) is 11.8. The lowest BCUT2D eigenvalue weighted by Crippen LogP contribution is -2.49. The third kappa shape index (κ3) is 6.20. The molecule has 0 aliphatic carbocycles. The molecule has 0 bridgehead atoms. The zero-order valence-electron chi connectivity index (χ0n) is 23.7. The molecular weight excluding hydrogens is 549 g/mol. The number of nitrogens with zero attached hydrogens (tertiary/aromatic N) is 6. The molecule has 0 atom stereocenters. The van der Waals surface area contributed by atoms with E-state index >= 15 is 0 Å². The van der Waals surface area contributed by atoms with E-state index in [0.717, 1.165) is 44.9 Å². The van der Waals surface area contributed by atoms with Gasteiger partial charge in [-0.15, -0.1) is 0 Å². The van der Waals surface area contributed by atoms with Crippen LogP contribution in [0, 0.1) is 6.92 Å². The second-order valence-electron chi connectivity index (χ2n) is 10.3. The summed E-state index contributed by atoms with van der Waals surface area (Å²) in [5, 5.41) is 5.80. The molecule has 4 aromatic rings. The summed E-state index contributed by atoms with van der Waals surface area (Å²) in [5.74, 6) is 0.125. The number of aromatic nitrogens is 4. The Labute approximate surface area is 241 Å². The van der Waals surface area contributed by atoms with Gasteiger partial charge in [-0.2, -0.15) is 13.2 Å². The first-order valence-corrected chi connectivity index (χ1v) is 13.4. The Morgan fingerprint density at radius 1 is 1.02 bits per heavy atom. The summed E-state index contributed by atoms with van der Waals surface area (Å²) in [4.78, 5) is 35.6. The van der Waals surface area contributed by atoms with E-state index in [2.05, 4.69) is 49.2 Å². The van der Waals surface area contributed by atoms with Crippen LogP contribution in [-0.2, 0) is 6.18 Å². The van der Waals surface area contributed by atoms with Gasteiger partial charge in [0, 0.05) is 49.2 Å². The molecule has 42 heavy (non-hydrogen) atoms. The summed E-state index contributed by atoms with van der Waals surface area (Å²) in [6.07, 6.45) is -1.57. The largest absolute Gasteiger partial charge is 0.496 e. The number of hydrogen-bond donors (Lipinski definition) is 2. The monoisotopic (exact) mass is 580 g/mol. The van der Waals surface area contributed by atoms with Crippen molar-refractivity contribution in [2.75, 3.05) is 48.8 Å². The fraction of sp³-hybridized carbons (Fsp3) is 0.345. The zero-order valence-corrected chi connectivity index (χ0v) is 23.7. The molecule has 13 heteroatoms. The molecule has 1 aliphatic heterocycles. The van der Waals surface area contributed by atoms with Gasteiger partial charge in [-0.05, 0) is 56.7 Å². The average Bonchev–Trinajstić information content (AvgIpc) is 2.97. The minimum absolute atomic E-state index is 0.0107. The van der Waals surface area contributed by atoms with E-state index in [9.17, 15) is 18.0 Å². The van der Waals surface area contributed by atoms with Gasteiger partial charge in [0.1, 0.15) is 23.1 Å². The zero-order chi connectivity index (χ0) is 30.0. The number of benzene rings is 2. The molecule has 0 unspecified atom stereocenters. The molecule has 2 N–H and O–H groups in total. The molecule has 0 saturated carbocycles. The number of rotatable bonds is 7. The van der Waals surface area contributed by atoms with E-state index in [0.29, 0.717) is 34.5 Å². The van der Waals surface area contributed by atoms with Crippen molar-refractivity contribution in [2.24, 2.45) is 0 Å². The molecular formula is C29H31F3N8O2.